The van der Waals surface area contributed by atoms with Crippen molar-refractivity contribution in [2.45, 2.75) is 6.92 Å². The van der Waals surface area contributed by atoms with Crippen LogP contribution in [0.25, 0.3) is 11.1 Å². The summed E-state index contributed by atoms with van der Waals surface area (Å²) in [6.07, 6.45) is 2.58. The first-order valence-electron chi connectivity index (χ1n) is 7.67. The molecule has 8 nitrogen and oxygen atoms in total. The lowest BCUT2D eigenvalue weighted by Gasteiger charge is -2.15. The number of ether oxygens (including phenoxy) is 4. The molecule has 0 aliphatic carbocycles. The molecule has 1 heterocycles. The van der Waals surface area contributed by atoms with Gasteiger partial charge in [-0.25, -0.2) is 9.59 Å². The average molecular weight is 361 g/mol. The van der Waals surface area contributed by atoms with Gasteiger partial charge in [-0.1, -0.05) is 0 Å². The number of carbonyl (C=O) groups is 2. The molecule has 0 aliphatic heterocycles. The summed E-state index contributed by atoms with van der Waals surface area (Å²) in [7, 11) is 3.97. The highest BCUT2D eigenvalue weighted by molar-refractivity contribution is 6.05. The third-order valence-electron chi connectivity index (χ3n) is 3.62. The van der Waals surface area contributed by atoms with Crippen molar-refractivity contribution in [3.63, 3.8) is 0 Å². The summed E-state index contributed by atoms with van der Waals surface area (Å²) in [5.74, 6) is -1.30. The fraction of sp³-hybridized carbons (Fsp3) is 0.278. The zero-order chi connectivity index (χ0) is 19.3. The van der Waals surface area contributed by atoms with E-state index in [1.807, 2.05) is 0 Å². The van der Waals surface area contributed by atoms with E-state index in [0.29, 0.717) is 5.56 Å². The van der Waals surface area contributed by atoms with Crippen LogP contribution < -0.4 is 9.47 Å². The molecule has 1 aromatic heterocycles. The number of phenolic OH excluding ortho intramolecular Hbond substituents is 1. The van der Waals surface area contributed by atoms with Gasteiger partial charge < -0.3 is 24.1 Å². The van der Waals surface area contributed by atoms with E-state index >= 15 is 0 Å². The number of aromatic nitrogens is 1. The standard InChI is InChI=1S/C18H19NO7/c1-5-26-18(22)12-9-19-8-11(17(21)25-4)15(12)10-6-13(23-2)16(20)14(7-10)24-3/h6-9,20H,5H2,1-4H3. The Bertz CT molecular complexity index is 807. The maximum absolute atomic E-state index is 12.4. The van der Waals surface area contributed by atoms with E-state index in [1.54, 1.807) is 6.92 Å². The average Bonchev–Trinajstić information content (AvgIpc) is 2.67. The molecule has 1 N–H and O–H groups in total. The molecular formula is C18H19NO7. The minimum Gasteiger partial charge on any atom is -0.502 e. The van der Waals surface area contributed by atoms with Crippen molar-refractivity contribution in [1.82, 2.24) is 4.98 Å². The van der Waals surface area contributed by atoms with Gasteiger partial charge in [0.25, 0.3) is 0 Å². The van der Waals surface area contributed by atoms with Crippen LogP contribution in [0.5, 0.6) is 17.2 Å². The van der Waals surface area contributed by atoms with Gasteiger partial charge in [-0.3, -0.25) is 4.98 Å². The van der Waals surface area contributed by atoms with E-state index in [-0.39, 0.29) is 40.5 Å². The fourth-order valence-corrected chi connectivity index (χ4v) is 2.44. The van der Waals surface area contributed by atoms with Crippen LogP contribution in [0.3, 0.4) is 0 Å². The molecule has 0 fully saturated rings. The number of methoxy groups -OCH3 is 3. The minimum absolute atomic E-state index is 0.0628. The molecule has 2 rings (SSSR count). The lowest BCUT2D eigenvalue weighted by molar-refractivity contribution is 0.0526. The predicted molar refractivity (Wildman–Crippen MR) is 91.7 cm³/mol. The predicted octanol–water partition coefficient (Wildman–Crippen LogP) is 2.43. The van der Waals surface area contributed by atoms with Gasteiger partial charge in [-0.15, -0.1) is 0 Å². The van der Waals surface area contributed by atoms with Crippen LogP contribution in [0.2, 0.25) is 0 Å². The van der Waals surface area contributed by atoms with Crippen molar-refractivity contribution >= 4 is 11.9 Å². The summed E-state index contributed by atoms with van der Waals surface area (Å²) in [4.78, 5) is 28.5. The first-order chi connectivity index (χ1) is 12.5. The van der Waals surface area contributed by atoms with Gasteiger partial charge in [0.2, 0.25) is 5.75 Å². The normalized spacial score (nSPS) is 10.2. The molecule has 1 aromatic carbocycles. The molecule has 0 radical (unpaired) electrons. The lowest BCUT2D eigenvalue weighted by atomic mass is 9.95. The second-order valence-electron chi connectivity index (χ2n) is 5.05. The van der Waals surface area contributed by atoms with E-state index < -0.39 is 11.9 Å². The molecule has 0 atom stereocenters. The Kier molecular flexibility index (Phi) is 6.00. The summed E-state index contributed by atoms with van der Waals surface area (Å²) < 4.78 is 20.1. The van der Waals surface area contributed by atoms with Gasteiger partial charge >= 0.3 is 11.9 Å². The Labute approximate surface area is 150 Å². The van der Waals surface area contributed by atoms with Gasteiger partial charge in [0, 0.05) is 18.0 Å². The molecule has 0 spiro atoms. The Hall–Kier alpha value is -3.29. The largest absolute Gasteiger partial charge is 0.502 e. The molecule has 0 aliphatic rings. The van der Waals surface area contributed by atoms with Gasteiger partial charge in [-0.05, 0) is 24.6 Å². The number of aromatic hydroxyl groups is 1. The highest BCUT2D eigenvalue weighted by Crippen LogP contribution is 2.42. The summed E-state index contributed by atoms with van der Waals surface area (Å²) in [6.45, 7) is 1.82. The minimum atomic E-state index is -0.676. The highest BCUT2D eigenvalue weighted by atomic mass is 16.5. The number of hydrogen-bond donors (Lipinski definition) is 1. The number of carbonyl (C=O) groups excluding carboxylic acids is 2. The zero-order valence-electron chi connectivity index (χ0n) is 14.9. The van der Waals surface area contributed by atoms with E-state index in [1.165, 1.54) is 45.9 Å². The van der Waals surface area contributed by atoms with Gasteiger partial charge in [0.1, 0.15) is 0 Å². The smallest absolute Gasteiger partial charge is 0.340 e. The van der Waals surface area contributed by atoms with Crippen LogP contribution in [0, 0.1) is 0 Å². The van der Waals surface area contributed by atoms with Crippen LogP contribution in [0.4, 0.5) is 0 Å². The summed E-state index contributed by atoms with van der Waals surface area (Å²) >= 11 is 0. The maximum atomic E-state index is 12.4. The first kappa shape index (κ1) is 19.0. The Balaban J connectivity index is 2.81. The number of phenols is 1. The van der Waals surface area contributed by atoms with Crippen molar-refractivity contribution in [3.8, 4) is 28.4 Å². The molecule has 8 heteroatoms. The van der Waals surface area contributed by atoms with Crippen LogP contribution in [-0.4, -0.2) is 50.0 Å². The third-order valence-corrected chi connectivity index (χ3v) is 3.62. The second-order valence-corrected chi connectivity index (χ2v) is 5.05. The quantitative estimate of drug-likeness (QED) is 0.782. The number of rotatable bonds is 6. The number of hydrogen-bond acceptors (Lipinski definition) is 8. The van der Waals surface area contributed by atoms with Gasteiger partial charge in [-0.2, -0.15) is 0 Å². The van der Waals surface area contributed by atoms with Gasteiger partial charge in [0.05, 0.1) is 39.1 Å². The van der Waals surface area contributed by atoms with E-state index in [2.05, 4.69) is 4.98 Å². The van der Waals surface area contributed by atoms with Crippen molar-refractivity contribution in [1.29, 1.82) is 0 Å². The number of benzene rings is 1. The topological polar surface area (TPSA) is 104 Å². The number of nitrogens with zero attached hydrogens (tertiary/aromatic N) is 1. The molecule has 0 unspecified atom stereocenters. The number of esters is 2. The molecule has 0 saturated carbocycles. The maximum Gasteiger partial charge on any atom is 0.340 e. The summed E-state index contributed by atoms with van der Waals surface area (Å²) in [5.41, 5.74) is 0.765. The van der Waals surface area contributed by atoms with Crippen LogP contribution in [-0.2, 0) is 9.47 Å². The third kappa shape index (κ3) is 3.53. The molecule has 0 amide bonds. The fourth-order valence-electron chi connectivity index (χ4n) is 2.44. The van der Waals surface area contributed by atoms with Crippen molar-refractivity contribution < 1.29 is 33.6 Å². The summed E-state index contributed by atoms with van der Waals surface area (Å²) in [6, 6.07) is 2.95. The summed E-state index contributed by atoms with van der Waals surface area (Å²) in [5, 5.41) is 10.1. The van der Waals surface area contributed by atoms with Crippen molar-refractivity contribution in [2.75, 3.05) is 27.9 Å². The highest BCUT2D eigenvalue weighted by Gasteiger charge is 2.24. The van der Waals surface area contributed by atoms with E-state index in [4.69, 9.17) is 18.9 Å². The monoisotopic (exact) mass is 361 g/mol. The van der Waals surface area contributed by atoms with E-state index in [0.717, 1.165) is 0 Å². The molecule has 0 saturated heterocycles. The van der Waals surface area contributed by atoms with Crippen LogP contribution in [0.1, 0.15) is 27.6 Å². The Morgan fingerprint density at radius 3 is 2.00 bits per heavy atom. The Morgan fingerprint density at radius 2 is 1.54 bits per heavy atom. The molecular weight excluding hydrogens is 342 g/mol. The number of pyridine rings is 1. The van der Waals surface area contributed by atoms with Gasteiger partial charge in [0.15, 0.2) is 11.5 Å². The van der Waals surface area contributed by atoms with E-state index in [9.17, 15) is 14.7 Å². The zero-order valence-corrected chi connectivity index (χ0v) is 14.9. The molecule has 2 aromatic rings. The molecule has 138 valence electrons. The molecule has 26 heavy (non-hydrogen) atoms. The van der Waals surface area contributed by atoms with Crippen molar-refractivity contribution in [2.24, 2.45) is 0 Å². The molecule has 0 bridgehead atoms. The first-order valence-corrected chi connectivity index (χ1v) is 7.67. The van der Waals surface area contributed by atoms with Crippen LogP contribution in [0.15, 0.2) is 24.5 Å². The second kappa shape index (κ2) is 8.19. The van der Waals surface area contributed by atoms with Crippen LogP contribution >= 0.6 is 0 Å². The van der Waals surface area contributed by atoms with Crippen molar-refractivity contribution in [3.05, 3.63) is 35.7 Å². The lowest BCUT2D eigenvalue weighted by Crippen LogP contribution is -2.12. The SMILES string of the molecule is CCOC(=O)c1cncc(C(=O)OC)c1-c1cc(OC)c(O)c(OC)c1. The Morgan fingerprint density at radius 1 is 1.00 bits per heavy atom.